The van der Waals surface area contributed by atoms with E-state index in [1.54, 1.807) is 0 Å². The second-order valence-electron chi connectivity index (χ2n) is 7.59. The number of rotatable bonds is 11. The highest BCUT2D eigenvalue weighted by molar-refractivity contribution is 5.76. The number of aryl methyl sites for hydroxylation is 1. The quantitative estimate of drug-likeness (QED) is 0.361. The minimum atomic E-state index is -0.592. The predicted octanol–water partition coefficient (Wildman–Crippen LogP) is 3.44. The van der Waals surface area contributed by atoms with Gasteiger partial charge in [0, 0.05) is 32.1 Å². The Balaban J connectivity index is 1.51. The number of carbonyl (C=O) groups excluding carboxylic acids is 1. The Kier molecular flexibility index (Phi) is 7.77. The van der Waals surface area contributed by atoms with Gasteiger partial charge in [0.25, 0.3) is 5.69 Å². The van der Waals surface area contributed by atoms with Crippen LogP contribution in [0, 0.1) is 10.1 Å². The third-order valence-electron chi connectivity index (χ3n) is 5.43. The van der Waals surface area contributed by atoms with Crippen molar-refractivity contribution in [3.8, 4) is 0 Å². The van der Waals surface area contributed by atoms with Crippen LogP contribution in [0.25, 0.3) is 11.1 Å². The minimum absolute atomic E-state index is 0.101. The van der Waals surface area contributed by atoms with Crippen molar-refractivity contribution in [1.82, 2.24) is 14.8 Å². The second kappa shape index (κ2) is 10.7. The molecule has 0 atom stereocenters. The molecule has 1 N–H and O–H groups in total. The van der Waals surface area contributed by atoms with Gasteiger partial charge in [-0.05, 0) is 36.7 Å². The molecule has 0 aliphatic rings. The maximum absolute atomic E-state index is 12.3. The van der Waals surface area contributed by atoms with Crippen LogP contribution in [-0.4, -0.2) is 33.4 Å². The van der Waals surface area contributed by atoms with Gasteiger partial charge in [0.1, 0.15) is 0 Å². The normalized spacial score (nSPS) is 11.2. The highest BCUT2D eigenvalue weighted by Crippen LogP contribution is 2.20. The van der Waals surface area contributed by atoms with Gasteiger partial charge in [0.15, 0.2) is 5.58 Å². The van der Waals surface area contributed by atoms with Crippen molar-refractivity contribution in [2.75, 3.05) is 13.1 Å². The van der Waals surface area contributed by atoms with Crippen molar-refractivity contribution >= 4 is 22.7 Å². The van der Waals surface area contributed by atoms with Crippen LogP contribution in [-0.2, 0) is 24.4 Å². The Bertz CT molecular complexity index is 1150. The topological polar surface area (TPSA) is 111 Å². The SMILES string of the molecule is CCN(CC)Cc1cccc(CNC(=O)CCCn2c(=O)oc3cc([N+](=O)[O-])ccc32)c1. The van der Waals surface area contributed by atoms with Crippen LogP contribution in [0.4, 0.5) is 5.69 Å². The van der Waals surface area contributed by atoms with Crippen LogP contribution in [0.3, 0.4) is 0 Å². The lowest BCUT2D eigenvalue weighted by atomic mass is 10.1. The second-order valence-corrected chi connectivity index (χ2v) is 7.59. The van der Waals surface area contributed by atoms with Crippen molar-refractivity contribution in [2.45, 2.75) is 46.3 Å². The molecule has 3 aromatic rings. The Morgan fingerprint density at radius 2 is 1.91 bits per heavy atom. The summed E-state index contributed by atoms with van der Waals surface area (Å²) in [6.07, 6.45) is 0.699. The van der Waals surface area contributed by atoms with E-state index < -0.39 is 10.7 Å². The number of aromatic nitrogens is 1. The van der Waals surface area contributed by atoms with Crippen LogP contribution in [0.1, 0.15) is 37.8 Å². The summed E-state index contributed by atoms with van der Waals surface area (Å²) in [6, 6.07) is 12.2. The van der Waals surface area contributed by atoms with Crippen LogP contribution in [0.15, 0.2) is 51.7 Å². The molecule has 3 rings (SSSR count). The predicted molar refractivity (Wildman–Crippen MR) is 121 cm³/mol. The standard InChI is InChI=1S/C23H28N4O5/c1-3-25(4-2)16-18-8-5-7-17(13-18)15-24-22(28)9-6-12-26-20-11-10-19(27(30)31)14-21(20)32-23(26)29/h5,7-8,10-11,13-14H,3-4,6,9,12,15-16H2,1-2H3,(H,24,28). The molecule has 1 aromatic heterocycles. The molecule has 0 unspecified atom stereocenters. The first kappa shape index (κ1) is 23.2. The molecule has 0 saturated heterocycles. The van der Waals surface area contributed by atoms with E-state index in [9.17, 15) is 19.7 Å². The molecule has 9 heteroatoms. The first-order valence-electron chi connectivity index (χ1n) is 10.8. The number of nitrogens with one attached hydrogen (secondary N) is 1. The number of carbonyl (C=O) groups is 1. The summed E-state index contributed by atoms with van der Waals surface area (Å²) in [5.74, 6) is -0.693. The number of benzene rings is 2. The van der Waals surface area contributed by atoms with Crippen molar-refractivity contribution in [3.05, 3.63) is 74.3 Å². The Hall–Kier alpha value is -3.46. The molecular weight excluding hydrogens is 412 g/mol. The highest BCUT2D eigenvalue weighted by atomic mass is 16.6. The lowest BCUT2D eigenvalue weighted by Gasteiger charge is -2.18. The Labute approximate surface area is 185 Å². The van der Waals surface area contributed by atoms with E-state index >= 15 is 0 Å². The van der Waals surface area contributed by atoms with Gasteiger partial charge in [-0.2, -0.15) is 0 Å². The third-order valence-corrected chi connectivity index (χ3v) is 5.43. The van der Waals surface area contributed by atoms with Gasteiger partial charge >= 0.3 is 5.76 Å². The average Bonchev–Trinajstić information content (AvgIpc) is 3.10. The van der Waals surface area contributed by atoms with Gasteiger partial charge in [-0.1, -0.05) is 38.1 Å². The van der Waals surface area contributed by atoms with E-state index in [0.29, 0.717) is 18.5 Å². The van der Waals surface area contributed by atoms with Gasteiger partial charge in [0.2, 0.25) is 5.91 Å². The molecule has 1 amide bonds. The maximum Gasteiger partial charge on any atom is 0.419 e. The number of amides is 1. The molecule has 0 aliphatic heterocycles. The Morgan fingerprint density at radius 3 is 2.62 bits per heavy atom. The molecule has 0 spiro atoms. The fraction of sp³-hybridized carbons (Fsp3) is 0.391. The molecule has 0 aliphatic carbocycles. The molecule has 32 heavy (non-hydrogen) atoms. The largest absolute Gasteiger partial charge is 0.419 e. The zero-order chi connectivity index (χ0) is 23.1. The zero-order valence-corrected chi connectivity index (χ0v) is 18.4. The smallest absolute Gasteiger partial charge is 0.407 e. The summed E-state index contributed by atoms with van der Waals surface area (Å²) in [5, 5.41) is 13.8. The van der Waals surface area contributed by atoms with Crippen LogP contribution in [0.2, 0.25) is 0 Å². The summed E-state index contributed by atoms with van der Waals surface area (Å²) in [4.78, 5) is 37.0. The Morgan fingerprint density at radius 1 is 1.16 bits per heavy atom. The number of nitro benzene ring substituents is 1. The van der Waals surface area contributed by atoms with Gasteiger partial charge in [0.05, 0.1) is 16.5 Å². The first-order chi connectivity index (χ1) is 15.4. The van der Waals surface area contributed by atoms with Crippen LogP contribution < -0.4 is 11.1 Å². The number of nitro groups is 1. The minimum Gasteiger partial charge on any atom is -0.407 e. The number of oxazole rings is 1. The van der Waals surface area contributed by atoms with Crippen molar-refractivity contribution in [3.63, 3.8) is 0 Å². The van der Waals surface area contributed by atoms with Gasteiger partial charge < -0.3 is 9.73 Å². The van der Waals surface area contributed by atoms with Crippen molar-refractivity contribution < 1.29 is 14.1 Å². The summed E-state index contributed by atoms with van der Waals surface area (Å²) in [6.45, 7) is 7.87. The number of hydrogen-bond acceptors (Lipinski definition) is 6. The molecule has 0 radical (unpaired) electrons. The third kappa shape index (κ3) is 5.82. The lowest BCUT2D eigenvalue weighted by Crippen LogP contribution is -2.24. The van der Waals surface area contributed by atoms with Crippen LogP contribution >= 0.6 is 0 Å². The first-order valence-corrected chi connectivity index (χ1v) is 10.8. The van der Waals surface area contributed by atoms with Crippen molar-refractivity contribution in [1.29, 1.82) is 0 Å². The summed E-state index contributed by atoms with van der Waals surface area (Å²) in [5.41, 5.74) is 2.76. The van der Waals surface area contributed by atoms with E-state index in [0.717, 1.165) is 25.2 Å². The average molecular weight is 441 g/mol. The van der Waals surface area contributed by atoms with E-state index in [-0.39, 0.29) is 30.1 Å². The number of fused-ring (bicyclic) bond motifs is 1. The summed E-state index contributed by atoms with van der Waals surface area (Å²) < 4.78 is 6.50. The van der Waals surface area contributed by atoms with Gasteiger partial charge in [-0.3, -0.25) is 24.4 Å². The monoisotopic (exact) mass is 440 g/mol. The lowest BCUT2D eigenvalue weighted by molar-refractivity contribution is -0.384. The molecular formula is C23H28N4O5. The van der Waals surface area contributed by atoms with Gasteiger partial charge in [-0.25, -0.2) is 4.79 Å². The molecule has 0 bridgehead atoms. The molecule has 1 heterocycles. The van der Waals surface area contributed by atoms with Crippen LogP contribution in [0.5, 0.6) is 0 Å². The zero-order valence-electron chi connectivity index (χ0n) is 18.4. The molecule has 0 saturated carbocycles. The molecule has 2 aromatic carbocycles. The number of nitrogens with zero attached hydrogens (tertiary/aromatic N) is 3. The van der Waals surface area contributed by atoms with E-state index in [1.165, 1.54) is 28.3 Å². The number of non-ortho nitro benzene ring substituents is 1. The fourth-order valence-electron chi connectivity index (χ4n) is 3.61. The molecule has 170 valence electrons. The van der Waals surface area contributed by atoms with Crippen molar-refractivity contribution in [2.24, 2.45) is 0 Å². The molecule has 0 fully saturated rings. The van der Waals surface area contributed by atoms with E-state index in [4.69, 9.17) is 4.42 Å². The highest BCUT2D eigenvalue weighted by Gasteiger charge is 2.14. The fourth-order valence-corrected chi connectivity index (χ4v) is 3.61. The van der Waals surface area contributed by atoms with Gasteiger partial charge in [-0.15, -0.1) is 0 Å². The molecule has 9 nitrogen and oxygen atoms in total. The number of hydrogen-bond donors (Lipinski definition) is 1. The maximum atomic E-state index is 12.3. The van der Waals surface area contributed by atoms with E-state index in [2.05, 4.69) is 36.2 Å². The van der Waals surface area contributed by atoms with E-state index in [1.807, 2.05) is 12.1 Å². The summed E-state index contributed by atoms with van der Waals surface area (Å²) >= 11 is 0. The summed E-state index contributed by atoms with van der Waals surface area (Å²) in [7, 11) is 0.